The molecule has 19 heavy (non-hydrogen) atoms. The van der Waals surface area contributed by atoms with Gasteiger partial charge in [-0.25, -0.2) is 0 Å². The SMILES string of the molecule is CCCN(CC1CCCN1)C(=O)CC1CCCCO1. The Kier molecular flexibility index (Phi) is 6.11. The third-order valence-corrected chi connectivity index (χ3v) is 4.13. The van der Waals surface area contributed by atoms with E-state index < -0.39 is 0 Å². The lowest BCUT2D eigenvalue weighted by molar-refractivity contribution is -0.135. The summed E-state index contributed by atoms with van der Waals surface area (Å²) >= 11 is 0. The molecule has 4 heteroatoms. The number of rotatable bonds is 6. The van der Waals surface area contributed by atoms with Crippen molar-refractivity contribution in [3.63, 3.8) is 0 Å². The van der Waals surface area contributed by atoms with E-state index in [1.165, 1.54) is 19.3 Å². The number of nitrogens with one attached hydrogen (secondary N) is 1. The summed E-state index contributed by atoms with van der Waals surface area (Å²) < 4.78 is 5.68. The molecule has 2 atom stereocenters. The van der Waals surface area contributed by atoms with Gasteiger partial charge in [0.1, 0.15) is 0 Å². The van der Waals surface area contributed by atoms with E-state index in [4.69, 9.17) is 4.74 Å². The Hall–Kier alpha value is -0.610. The summed E-state index contributed by atoms with van der Waals surface area (Å²) in [5, 5.41) is 3.48. The summed E-state index contributed by atoms with van der Waals surface area (Å²) in [6.07, 6.45) is 7.62. The number of carbonyl (C=O) groups is 1. The Labute approximate surface area is 116 Å². The minimum atomic E-state index is 0.164. The van der Waals surface area contributed by atoms with E-state index in [0.29, 0.717) is 12.5 Å². The van der Waals surface area contributed by atoms with Gasteiger partial charge in [-0.1, -0.05) is 6.92 Å². The quantitative estimate of drug-likeness (QED) is 0.800. The first-order valence-electron chi connectivity index (χ1n) is 7.92. The zero-order valence-corrected chi connectivity index (χ0v) is 12.2. The molecule has 0 aromatic carbocycles. The maximum atomic E-state index is 12.4. The van der Waals surface area contributed by atoms with E-state index in [-0.39, 0.29) is 12.0 Å². The minimum Gasteiger partial charge on any atom is -0.378 e. The van der Waals surface area contributed by atoms with Gasteiger partial charge < -0.3 is 15.0 Å². The monoisotopic (exact) mass is 268 g/mol. The summed E-state index contributed by atoms with van der Waals surface area (Å²) in [6.45, 7) is 5.82. The van der Waals surface area contributed by atoms with Gasteiger partial charge in [-0.3, -0.25) is 4.79 Å². The molecule has 110 valence electrons. The molecule has 2 saturated heterocycles. The Morgan fingerprint density at radius 2 is 2.21 bits per heavy atom. The third-order valence-electron chi connectivity index (χ3n) is 4.13. The number of hydrogen-bond acceptors (Lipinski definition) is 3. The molecular formula is C15H28N2O2. The van der Waals surface area contributed by atoms with E-state index >= 15 is 0 Å². The lowest BCUT2D eigenvalue weighted by Crippen LogP contribution is -2.43. The second-order valence-electron chi connectivity index (χ2n) is 5.83. The van der Waals surface area contributed by atoms with Crippen LogP contribution in [-0.4, -0.2) is 49.2 Å². The van der Waals surface area contributed by atoms with Gasteiger partial charge in [0, 0.05) is 25.7 Å². The van der Waals surface area contributed by atoms with Crippen LogP contribution in [0.2, 0.25) is 0 Å². The summed E-state index contributed by atoms with van der Waals surface area (Å²) in [6, 6.07) is 0.503. The molecule has 1 amide bonds. The molecule has 0 aromatic rings. The maximum Gasteiger partial charge on any atom is 0.225 e. The van der Waals surface area contributed by atoms with Crippen molar-refractivity contribution in [1.29, 1.82) is 0 Å². The predicted molar refractivity (Wildman–Crippen MR) is 76.1 cm³/mol. The maximum absolute atomic E-state index is 12.4. The Morgan fingerprint density at radius 1 is 1.32 bits per heavy atom. The lowest BCUT2D eigenvalue weighted by atomic mass is 10.1. The average molecular weight is 268 g/mol. The van der Waals surface area contributed by atoms with Crippen molar-refractivity contribution in [1.82, 2.24) is 10.2 Å². The van der Waals surface area contributed by atoms with Crippen LogP contribution in [0.4, 0.5) is 0 Å². The Balaban J connectivity index is 1.80. The fraction of sp³-hybridized carbons (Fsp3) is 0.933. The summed E-state index contributed by atoms with van der Waals surface area (Å²) in [5.41, 5.74) is 0. The second kappa shape index (κ2) is 7.85. The molecule has 2 aliphatic heterocycles. The number of hydrogen-bond donors (Lipinski definition) is 1. The first kappa shape index (κ1) is 14.8. The van der Waals surface area contributed by atoms with E-state index in [9.17, 15) is 4.79 Å². The number of nitrogens with zero attached hydrogens (tertiary/aromatic N) is 1. The van der Waals surface area contributed by atoms with Gasteiger partial charge in [-0.05, 0) is 45.1 Å². The van der Waals surface area contributed by atoms with Gasteiger partial charge in [-0.2, -0.15) is 0 Å². The summed E-state index contributed by atoms with van der Waals surface area (Å²) in [4.78, 5) is 14.4. The van der Waals surface area contributed by atoms with Crippen LogP contribution in [0.15, 0.2) is 0 Å². The van der Waals surface area contributed by atoms with Crippen LogP contribution < -0.4 is 5.32 Å². The largest absolute Gasteiger partial charge is 0.378 e. The van der Waals surface area contributed by atoms with E-state index in [1.807, 2.05) is 4.90 Å². The third kappa shape index (κ3) is 4.77. The first-order valence-corrected chi connectivity index (χ1v) is 7.92. The molecule has 0 radical (unpaired) electrons. The van der Waals surface area contributed by atoms with Gasteiger partial charge >= 0.3 is 0 Å². The first-order chi connectivity index (χ1) is 9.29. The van der Waals surface area contributed by atoms with Crippen LogP contribution in [0.3, 0.4) is 0 Å². The fourth-order valence-corrected chi connectivity index (χ4v) is 3.06. The second-order valence-corrected chi connectivity index (χ2v) is 5.83. The summed E-state index contributed by atoms with van der Waals surface area (Å²) in [7, 11) is 0. The Morgan fingerprint density at radius 3 is 2.84 bits per heavy atom. The molecule has 1 N–H and O–H groups in total. The smallest absolute Gasteiger partial charge is 0.225 e. The molecule has 2 unspecified atom stereocenters. The van der Waals surface area contributed by atoms with Crippen LogP contribution in [-0.2, 0) is 9.53 Å². The van der Waals surface area contributed by atoms with Crippen molar-refractivity contribution < 1.29 is 9.53 Å². The molecule has 0 spiro atoms. The molecule has 4 nitrogen and oxygen atoms in total. The topological polar surface area (TPSA) is 41.6 Å². The molecule has 2 rings (SSSR count). The zero-order chi connectivity index (χ0) is 13.5. The van der Waals surface area contributed by atoms with Crippen molar-refractivity contribution >= 4 is 5.91 Å². The highest BCUT2D eigenvalue weighted by Gasteiger charge is 2.24. The van der Waals surface area contributed by atoms with Crippen molar-refractivity contribution in [2.75, 3.05) is 26.2 Å². The standard InChI is InChI=1S/C15H28N2O2/c1-2-9-17(12-13-6-5-8-16-13)15(18)11-14-7-3-4-10-19-14/h13-14,16H,2-12H2,1H3. The van der Waals surface area contributed by atoms with Gasteiger partial charge in [0.2, 0.25) is 5.91 Å². The molecule has 2 aliphatic rings. The van der Waals surface area contributed by atoms with Crippen molar-refractivity contribution in [2.24, 2.45) is 0 Å². The number of amides is 1. The molecule has 2 fully saturated rings. The van der Waals surface area contributed by atoms with Gasteiger partial charge in [-0.15, -0.1) is 0 Å². The number of ether oxygens (including phenoxy) is 1. The average Bonchev–Trinajstić information content (AvgIpc) is 2.92. The molecule has 0 aliphatic carbocycles. The van der Waals surface area contributed by atoms with Gasteiger partial charge in [0.15, 0.2) is 0 Å². The lowest BCUT2D eigenvalue weighted by Gasteiger charge is -2.29. The van der Waals surface area contributed by atoms with Crippen LogP contribution in [0, 0.1) is 0 Å². The normalized spacial score (nSPS) is 27.4. The van der Waals surface area contributed by atoms with Crippen LogP contribution >= 0.6 is 0 Å². The predicted octanol–water partition coefficient (Wildman–Crippen LogP) is 1.94. The molecule has 0 bridgehead atoms. The van der Waals surface area contributed by atoms with Crippen LogP contribution in [0.1, 0.15) is 51.9 Å². The highest BCUT2D eigenvalue weighted by atomic mass is 16.5. The molecule has 0 saturated carbocycles. The molecule has 2 heterocycles. The summed E-state index contributed by atoms with van der Waals surface area (Å²) in [5.74, 6) is 0.280. The Bertz CT molecular complexity index is 271. The number of carbonyl (C=O) groups excluding carboxylic acids is 1. The van der Waals surface area contributed by atoms with Crippen molar-refractivity contribution in [3.8, 4) is 0 Å². The zero-order valence-electron chi connectivity index (χ0n) is 12.2. The molecule has 0 aromatic heterocycles. The van der Waals surface area contributed by atoms with Crippen LogP contribution in [0.5, 0.6) is 0 Å². The fourth-order valence-electron chi connectivity index (χ4n) is 3.06. The van der Waals surface area contributed by atoms with Gasteiger partial charge in [0.05, 0.1) is 12.5 Å². The minimum absolute atomic E-state index is 0.164. The highest BCUT2D eigenvalue weighted by molar-refractivity contribution is 5.76. The van der Waals surface area contributed by atoms with E-state index in [1.54, 1.807) is 0 Å². The van der Waals surface area contributed by atoms with Crippen molar-refractivity contribution in [3.05, 3.63) is 0 Å². The molecular weight excluding hydrogens is 240 g/mol. The van der Waals surface area contributed by atoms with E-state index in [2.05, 4.69) is 12.2 Å². The van der Waals surface area contributed by atoms with Crippen LogP contribution in [0.25, 0.3) is 0 Å². The highest BCUT2D eigenvalue weighted by Crippen LogP contribution is 2.17. The van der Waals surface area contributed by atoms with Crippen molar-refractivity contribution in [2.45, 2.75) is 64.0 Å². The van der Waals surface area contributed by atoms with Gasteiger partial charge in [0.25, 0.3) is 0 Å². The van der Waals surface area contributed by atoms with E-state index in [0.717, 1.165) is 45.5 Å².